The quantitative estimate of drug-likeness (QED) is 0.716. The summed E-state index contributed by atoms with van der Waals surface area (Å²) in [6, 6.07) is -1.19. The molecule has 0 aromatic rings. The van der Waals surface area contributed by atoms with Gasteiger partial charge in [-0.25, -0.2) is 0 Å². The number of halogens is 3. The van der Waals surface area contributed by atoms with E-state index in [0.717, 1.165) is 0 Å². The molecule has 0 saturated heterocycles. The highest BCUT2D eigenvalue weighted by molar-refractivity contribution is 5.73. The summed E-state index contributed by atoms with van der Waals surface area (Å²) in [5, 5.41) is 8.61. The Morgan fingerprint density at radius 1 is 1.50 bits per heavy atom. The number of carboxylic acids is 1. The molecule has 1 N–H and O–H groups in total. The zero-order valence-corrected chi connectivity index (χ0v) is 7.93. The summed E-state index contributed by atoms with van der Waals surface area (Å²) in [6.45, 7) is 2.82. The molecule has 0 aliphatic rings. The van der Waals surface area contributed by atoms with Crippen LogP contribution in [0.2, 0.25) is 0 Å². The van der Waals surface area contributed by atoms with Gasteiger partial charge in [-0.2, -0.15) is 13.2 Å². The Morgan fingerprint density at radius 2 is 1.93 bits per heavy atom. The molecule has 1 unspecified atom stereocenters. The Hall–Kier alpha value is -1.04. The Labute approximate surface area is 79.8 Å². The van der Waals surface area contributed by atoms with E-state index in [1.165, 1.54) is 19.0 Å². The van der Waals surface area contributed by atoms with Crippen LogP contribution in [0.1, 0.15) is 6.42 Å². The second kappa shape index (κ2) is 4.45. The highest BCUT2D eigenvalue weighted by Gasteiger charge is 2.35. The molecule has 0 aliphatic carbocycles. The van der Waals surface area contributed by atoms with Crippen LogP contribution in [0.3, 0.4) is 0 Å². The normalized spacial score (nSPS) is 14.1. The minimum atomic E-state index is -4.52. The predicted molar refractivity (Wildman–Crippen MR) is 44.9 cm³/mol. The molecule has 0 radical (unpaired) electrons. The Bertz CT molecular complexity index is 235. The topological polar surface area (TPSA) is 40.5 Å². The van der Waals surface area contributed by atoms with E-state index in [9.17, 15) is 18.0 Å². The van der Waals surface area contributed by atoms with Crippen molar-refractivity contribution in [1.29, 1.82) is 0 Å². The van der Waals surface area contributed by atoms with E-state index in [0.29, 0.717) is 0 Å². The van der Waals surface area contributed by atoms with Gasteiger partial charge in [-0.3, -0.25) is 9.69 Å². The van der Waals surface area contributed by atoms with Crippen molar-refractivity contribution in [3.05, 3.63) is 12.2 Å². The maximum Gasteiger partial charge on any atom is 0.412 e. The number of nitrogens with zero attached hydrogens (tertiary/aromatic N) is 1. The summed E-state index contributed by atoms with van der Waals surface area (Å²) in [4.78, 5) is 11.8. The van der Waals surface area contributed by atoms with Gasteiger partial charge in [0.2, 0.25) is 0 Å². The van der Waals surface area contributed by atoms with Crippen molar-refractivity contribution in [2.24, 2.45) is 0 Å². The van der Waals surface area contributed by atoms with Crippen molar-refractivity contribution in [1.82, 2.24) is 4.90 Å². The lowest BCUT2D eigenvalue weighted by atomic mass is 10.1. The van der Waals surface area contributed by atoms with Gasteiger partial charge >= 0.3 is 12.1 Å². The molecule has 0 aromatic heterocycles. The van der Waals surface area contributed by atoms with Gasteiger partial charge in [-0.15, -0.1) is 0 Å². The van der Waals surface area contributed by atoms with Gasteiger partial charge < -0.3 is 5.11 Å². The molecule has 0 fully saturated rings. The molecule has 0 bridgehead atoms. The van der Waals surface area contributed by atoms with Crippen molar-refractivity contribution in [2.45, 2.75) is 18.6 Å². The fourth-order valence-corrected chi connectivity index (χ4v) is 0.840. The molecular weight excluding hydrogens is 199 g/mol. The van der Waals surface area contributed by atoms with E-state index in [1.807, 2.05) is 0 Å². The van der Waals surface area contributed by atoms with Crippen molar-refractivity contribution in [3.8, 4) is 0 Å². The zero-order valence-electron chi connectivity index (χ0n) is 7.93. The lowest BCUT2D eigenvalue weighted by Gasteiger charge is -2.21. The second-order valence-electron chi connectivity index (χ2n) is 3.12. The smallest absolute Gasteiger partial charge is 0.412 e. The predicted octanol–water partition coefficient (Wildman–Crippen LogP) is 1.51. The molecule has 0 aromatic carbocycles. The van der Waals surface area contributed by atoms with E-state index < -0.39 is 30.2 Å². The Kier molecular flexibility index (Phi) is 4.12. The van der Waals surface area contributed by atoms with Gasteiger partial charge in [-0.05, 0) is 14.1 Å². The number of hydrogen-bond donors (Lipinski definition) is 1. The molecule has 0 saturated carbocycles. The maximum absolute atomic E-state index is 12.0. The first kappa shape index (κ1) is 13.0. The third-order valence-corrected chi connectivity index (χ3v) is 1.75. The van der Waals surface area contributed by atoms with E-state index in [1.54, 1.807) is 0 Å². The van der Waals surface area contributed by atoms with Crippen LogP contribution in [-0.2, 0) is 4.79 Å². The first-order valence-electron chi connectivity index (χ1n) is 3.80. The standard InChI is InChI=1S/C8H12F3NO2/c1-5(8(9,10)11)4-6(7(13)14)12(2)3/h6H,1,4H2,2-3H3,(H,13,14). The van der Waals surface area contributed by atoms with E-state index in [-0.39, 0.29) is 0 Å². The largest absolute Gasteiger partial charge is 0.480 e. The third kappa shape index (κ3) is 3.78. The summed E-state index contributed by atoms with van der Waals surface area (Å²) in [6.07, 6.45) is -5.14. The molecule has 0 amide bonds. The van der Waals surface area contributed by atoms with Crippen LogP contribution in [0.5, 0.6) is 0 Å². The van der Waals surface area contributed by atoms with Crippen molar-refractivity contribution >= 4 is 5.97 Å². The van der Waals surface area contributed by atoms with Gasteiger partial charge in [0.1, 0.15) is 6.04 Å². The monoisotopic (exact) mass is 211 g/mol. The van der Waals surface area contributed by atoms with Crippen LogP contribution < -0.4 is 0 Å². The molecule has 1 atom stereocenters. The van der Waals surface area contributed by atoms with Crippen LogP contribution in [0.15, 0.2) is 12.2 Å². The molecular formula is C8H12F3NO2. The first-order valence-corrected chi connectivity index (χ1v) is 3.80. The second-order valence-corrected chi connectivity index (χ2v) is 3.12. The van der Waals surface area contributed by atoms with Crippen molar-refractivity contribution in [2.75, 3.05) is 14.1 Å². The zero-order chi connectivity index (χ0) is 11.5. The number of carboxylic acid groups (broad SMARTS) is 1. The number of alkyl halides is 3. The van der Waals surface area contributed by atoms with E-state index >= 15 is 0 Å². The van der Waals surface area contributed by atoms with Crippen molar-refractivity contribution in [3.63, 3.8) is 0 Å². The first-order chi connectivity index (χ1) is 6.16. The van der Waals surface area contributed by atoms with Crippen LogP contribution in [0.4, 0.5) is 13.2 Å². The van der Waals surface area contributed by atoms with Crippen LogP contribution in [0.25, 0.3) is 0 Å². The minimum absolute atomic E-state index is 0.619. The van der Waals surface area contributed by atoms with Crippen LogP contribution in [0, 0.1) is 0 Å². The highest BCUT2D eigenvalue weighted by atomic mass is 19.4. The van der Waals surface area contributed by atoms with Gasteiger partial charge in [-0.1, -0.05) is 6.58 Å². The summed E-state index contributed by atoms with van der Waals surface area (Å²) >= 11 is 0. The third-order valence-electron chi connectivity index (χ3n) is 1.75. The number of hydrogen-bond acceptors (Lipinski definition) is 2. The Balaban J connectivity index is 4.48. The molecule has 6 heteroatoms. The molecule has 0 heterocycles. The number of carbonyl (C=O) groups is 1. The van der Waals surface area contributed by atoms with Gasteiger partial charge in [0.25, 0.3) is 0 Å². The Morgan fingerprint density at radius 3 is 2.14 bits per heavy atom. The minimum Gasteiger partial charge on any atom is -0.480 e. The number of aliphatic carboxylic acids is 1. The van der Waals surface area contributed by atoms with Crippen LogP contribution in [-0.4, -0.2) is 42.3 Å². The highest BCUT2D eigenvalue weighted by Crippen LogP contribution is 2.28. The number of rotatable bonds is 4. The summed E-state index contributed by atoms with van der Waals surface area (Å²) in [5.41, 5.74) is -1.03. The van der Waals surface area contributed by atoms with E-state index in [2.05, 4.69) is 6.58 Å². The molecule has 3 nitrogen and oxygen atoms in total. The van der Waals surface area contributed by atoms with Gasteiger partial charge in [0.15, 0.2) is 0 Å². The lowest BCUT2D eigenvalue weighted by Crippen LogP contribution is -2.37. The van der Waals surface area contributed by atoms with E-state index in [4.69, 9.17) is 5.11 Å². The SMILES string of the molecule is C=C(CC(C(=O)O)N(C)C)C(F)(F)F. The average molecular weight is 211 g/mol. The molecule has 14 heavy (non-hydrogen) atoms. The maximum atomic E-state index is 12.0. The van der Waals surface area contributed by atoms with Crippen LogP contribution >= 0.6 is 0 Å². The summed E-state index contributed by atoms with van der Waals surface area (Å²) in [5.74, 6) is -1.29. The molecule has 0 spiro atoms. The van der Waals surface area contributed by atoms with Gasteiger partial charge in [0.05, 0.1) is 0 Å². The summed E-state index contributed by atoms with van der Waals surface area (Å²) < 4.78 is 36.1. The van der Waals surface area contributed by atoms with Gasteiger partial charge in [0, 0.05) is 12.0 Å². The summed E-state index contributed by atoms with van der Waals surface area (Å²) in [7, 11) is 2.81. The fraction of sp³-hybridized carbons (Fsp3) is 0.625. The molecule has 0 aliphatic heterocycles. The molecule has 0 rings (SSSR count). The van der Waals surface area contributed by atoms with Crippen molar-refractivity contribution < 1.29 is 23.1 Å². The average Bonchev–Trinajstić information content (AvgIpc) is 1.96. The molecule has 82 valence electrons. The fourth-order valence-electron chi connectivity index (χ4n) is 0.840. The number of likely N-dealkylation sites (N-methyl/N-ethyl adjacent to an activating group) is 1. The lowest BCUT2D eigenvalue weighted by molar-refractivity contribution is -0.143.